The van der Waals surface area contributed by atoms with Crippen molar-refractivity contribution in [2.24, 2.45) is 4.99 Å². The van der Waals surface area contributed by atoms with Crippen molar-refractivity contribution in [3.63, 3.8) is 0 Å². The van der Waals surface area contributed by atoms with E-state index in [9.17, 15) is 0 Å². The second-order valence-corrected chi connectivity index (χ2v) is 7.66. The Morgan fingerprint density at radius 3 is 2.85 bits per heavy atom. The maximum Gasteiger partial charge on any atom is 0.191 e. The molecule has 8 nitrogen and oxygen atoms in total. The van der Waals surface area contributed by atoms with E-state index >= 15 is 0 Å². The van der Waals surface area contributed by atoms with Gasteiger partial charge in [0.1, 0.15) is 12.4 Å². The third-order valence-corrected chi connectivity index (χ3v) is 5.30. The molecule has 10 heteroatoms. The van der Waals surface area contributed by atoms with Gasteiger partial charge in [0.25, 0.3) is 0 Å². The van der Waals surface area contributed by atoms with Crippen LogP contribution in [-0.2, 0) is 30.9 Å². The van der Waals surface area contributed by atoms with Crippen LogP contribution in [0.3, 0.4) is 0 Å². The molecular weight excluding hydrogens is 477 g/mol. The Hall–Kier alpha value is -1.27. The van der Waals surface area contributed by atoms with E-state index in [0.717, 1.165) is 54.2 Å². The summed E-state index contributed by atoms with van der Waals surface area (Å²) in [6.07, 6.45) is 1.91. The summed E-state index contributed by atoms with van der Waals surface area (Å²) < 4.78 is 7.11. The van der Waals surface area contributed by atoms with Crippen LogP contribution < -0.4 is 10.6 Å². The number of nitrogens with zero attached hydrogens (tertiary/aromatic N) is 5. The van der Waals surface area contributed by atoms with Crippen molar-refractivity contribution in [2.45, 2.75) is 59.4 Å². The highest BCUT2D eigenvalue weighted by molar-refractivity contribution is 14.0. The minimum absolute atomic E-state index is 0. The summed E-state index contributed by atoms with van der Waals surface area (Å²) in [6, 6.07) is 0.279. The average molecular weight is 505 g/mol. The fourth-order valence-corrected chi connectivity index (χ4v) is 3.91. The van der Waals surface area contributed by atoms with Gasteiger partial charge in [-0.05, 0) is 27.2 Å². The molecule has 1 atom stereocenters. The molecule has 0 bridgehead atoms. The van der Waals surface area contributed by atoms with Gasteiger partial charge in [-0.25, -0.2) is 19.6 Å². The molecule has 27 heavy (non-hydrogen) atoms. The van der Waals surface area contributed by atoms with Crippen molar-refractivity contribution in [3.05, 3.63) is 27.2 Å². The van der Waals surface area contributed by atoms with E-state index in [1.54, 1.807) is 18.4 Å². The lowest BCUT2D eigenvalue weighted by atomic mass is 10.1. The molecule has 3 rings (SSSR count). The summed E-state index contributed by atoms with van der Waals surface area (Å²) in [5.41, 5.74) is 1.07. The van der Waals surface area contributed by atoms with Gasteiger partial charge in [0, 0.05) is 31.0 Å². The van der Waals surface area contributed by atoms with E-state index in [1.165, 1.54) is 4.88 Å². The van der Waals surface area contributed by atoms with E-state index in [0.29, 0.717) is 13.2 Å². The number of aliphatic imine (C=N–C) groups is 1. The fourth-order valence-electron chi connectivity index (χ4n) is 3.05. The van der Waals surface area contributed by atoms with Crippen LogP contribution >= 0.6 is 35.3 Å². The van der Waals surface area contributed by atoms with Crippen LogP contribution in [-0.4, -0.2) is 45.4 Å². The maximum atomic E-state index is 5.13. The molecule has 1 unspecified atom stereocenters. The van der Waals surface area contributed by atoms with Crippen LogP contribution in [0.15, 0.2) is 4.99 Å². The number of guanidine groups is 1. The van der Waals surface area contributed by atoms with Gasteiger partial charge in [0.05, 0.1) is 23.8 Å². The maximum absolute atomic E-state index is 5.13. The number of hydrogen-bond donors (Lipinski definition) is 2. The molecule has 0 radical (unpaired) electrons. The smallest absolute Gasteiger partial charge is 0.191 e. The van der Waals surface area contributed by atoms with Gasteiger partial charge in [0.15, 0.2) is 11.8 Å². The van der Waals surface area contributed by atoms with Crippen LogP contribution in [0.1, 0.15) is 40.6 Å². The molecule has 2 aromatic heterocycles. The first-order valence-electron chi connectivity index (χ1n) is 8.98. The largest absolute Gasteiger partial charge is 0.377 e. The van der Waals surface area contributed by atoms with E-state index in [-0.39, 0.29) is 30.0 Å². The standard InChI is InChI=1S/C17H27N7OS.HI/c1-5-18-17(19-8-14-11(2)20-12(3)26-14)21-13-6-7-16-22-15(10-25-4)23-24(16)9-13;/h13H,5-10H2,1-4H3,(H2,18,19,21);1H. The van der Waals surface area contributed by atoms with Crippen molar-refractivity contribution < 1.29 is 4.74 Å². The molecule has 1 aliphatic rings. The molecule has 2 N–H and O–H groups in total. The Kier molecular flexibility index (Phi) is 8.42. The van der Waals surface area contributed by atoms with Crippen molar-refractivity contribution in [3.8, 4) is 0 Å². The van der Waals surface area contributed by atoms with Crippen LogP contribution in [0.4, 0.5) is 0 Å². The zero-order chi connectivity index (χ0) is 18.5. The van der Waals surface area contributed by atoms with Gasteiger partial charge in [0.2, 0.25) is 0 Å². The summed E-state index contributed by atoms with van der Waals surface area (Å²) in [6.45, 7) is 8.86. The summed E-state index contributed by atoms with van der Waals surface area (Å²) in [7, 11) is 1.66. The quantitative estimate of drug-likeness (QED) is 0.356. The van der Waals surface area contributed by atoms with Crippen molar-refractivity contribution in [2.75, 3.05) is 13.7 Å². The molecule has 0 spiro atoms. The Balaban J connectivity index is 0.00000261. The summed E-state index contributed by atoms with van der Waals surface area (Å²) in [5.74, 6) is 2.62. The van der Waals surface area contributed by atoms with Crippen LogP contribution in [0.5, 0.6) is 0 Å². The number of methoxy groups -OCH3 is 1. The fraction of sp³-hybridized carbons (Fsp3) is 0.647. The Morgan fingerprint density at radius 1 is 1.37 bits per heavy atom. The highest BCUT2D eigenvalue weighted by atomic mass is 127. The van der Waals surface area contributed by atoms with E-state index in [1.807, 2.05) is 18.5 Å². The Morgan fingerprint density at radius 2 is 2.19 bits per heavy atom. The van der Waals surface area contributed by atoms with Gasteiger partial charge >= 0.3 is 0 Å². The van der Waals surface area contributed by atoms with E-state index in [4.69, 9.17) is 9.73 Å². The molecule has 3 heterocycles. The van der Waals surface area contributed by atoms with Crippen LogP contribution in [0.2, 0.25) is 0 Å². The number of halogens is 1. The number of hydrogen-bond acceptors (Lipinski definition) is 6. The molecule has 0 fully saturated rings. The third-order valence-electron chi connectivity index (χ3n) is 4.24. The molecule has 0 saturated heterocycles. The lowest BCUT2D eigenvalue weighted by molar-refractivity contribution is 0.177. The van der Waals surface area contributed by atoms with Crippen LogP contribution in [0, 0.1) is 13.8 Å². The third kappa shape index (κ3) is 5.85. The number of thiazole rings is 1. The monoisotopic (exact) mass is 505 g/mol. The number of rotatable bonds is 6. The highest BCUT2D eigenvalue weighted by Crippen LogP contribution is 2.18. The zero-order valence-corrected chi connectivity index (χ0v) is 19.4. The van der Waals surface area contributed by atoms with Gasteiger partial charge in [-0.1, -0.05) is 0 Å². The highest BCUT2D eigenvalue weighted by Gasteiger charge is 2.22. The minimum atomic E-state index is 0. The summed E-state index contributed by atoms with van der Waals surface area (Å²) in [4.78, 5) is 15.0. The first kappa shape index (κ1) is 22.0. The number of aryl methyl sites for hydroxylation is 3. The van der Waals surface area contributed by atoms with Crippen molar-refractivity contribution in [1.82, 2.24) is 30.4 Å². The molecule has 2 aromatic rings. The van der Waals surface area contributed by atoms with Gasteiger partial charge < -0.3 is 15.4 Å². The van der Waals surface area contributed by atoms with Gasteiger partial charge in [-0.2, -0.15) is 5.10 Å². The first-order valence-corrected chi connectivity index (χ1v) is 9.80. The Labute approximate surface area is 181 Å². The molecule has 0 amide bonds. The van der Waals surface area contributed by atoms with Gasteiger partial charge in [-0.3, -0.25) is 0 Å². The predicted molar refractivity (Wildman–Crippen MR) is 118 cm³/mol. The molecule has 0 saturated carbocycles. The SMILES string of the molecule is CCNC(=NCc1sc(C)nc1C)NC1CCc2nc(COC)nn2C1.I. The van der Waals surface area contributed by atoms with Crippen molar-refractivity contribution in [1.29, 1.82) is 0 Å². The zero-order valence-electron chi connectivity index (χ0n) is 16.3. The van der Waals surface area contributed by atoms with E-state index in [2.05, 4.69) is 32.6 Å². The van der Waals surface area contributed by atoms with Gasteiger partial charge in [-0.15, -0.1) is 35.3 Å². The number of fused-ring (bicyclic) bond motifs is 1. The second kappa shape index (κ2) is 10.3. The van der Waals surface area contributed by atoms with E-state index < -0.39 is 0 Å². The second-order valence-electron chi connectivity index (χ2n) is 6.38. The average Bonchev–Trinajstić information content (AvgIpc) is 3.14. The predicted octanol–water partition coefficient (Wildman–Crippen LogP) is 2.19. The Bertz CT molecular complexity index is 773. The van der Waals surface area contributed by atoms with Crippen molar-refractivity contribution >= 4 is 41.3 Å². The normalized spacial score (nSPS) is 16.6. The lowest BCUT2D eigenvalue weighted by Crippen LogP contribution is -2.47. The summed E-state index contributed by atoms with van der Waals surface area (Å²) in [5, 5.41) is 12.5. The molecule has 150 valence electrons. The lowest BCUT2D eigenvalue weighted by Gasteiger charge is -2.25. The molecule has 0 aliphatic carbocycles. The number of aromatic nitrogens is 4. The minimum Gasteiger partial charge on any atom is -0.377 e. The van der Waals surface area contributed by atoms with Crippen LogP contribution in [0.25, 0.3) is 0 Å². The molecular formula is C17H28IN7OS. The number of ether oxygens (including phenoxy) is 1. The number of nitrogens with one attached hydrogen (secondary N) is 2. The topological polar surface area (TPSA) is 89.2 Å². The molecule has 1 aliphatic heterocycles. The molecule has 0 aromatic carbocycles. The first-order chi connectivity index (χ1) is 12.6. The summed E-state index contributed by atoms with van der Waals surface area (Å²) >= 11 is 1.71.